The van der Waals surface area contributed by atoms with E-state index in [2.05, 4.69) is 0 Å². The lowest BCUT2D eigenvalue weighted by molar-refractivity contribution is 0.373. The third-order valence-corrected chi connectivity index (χ3v) is 0.145. The summed E-state index contributed by atoms with van der Waals surface area (Å²) in [4.78, 5) is 8.88. The molecule has 0 spiro atoms. The minimum Gasteiger partial charge on any atom is -0.218 e. The molecule has 2 nitrogen and oxygen atoms in total. The summed E-state index contributed by atoms with van der Waals surface area (Å²) in [6.45, 7) is 1.08. The van der Waals surface area contributed by atoms with Crippen LogP contribution in [-0.2, 0) is 0 Å². The van der Waals surface area contributed by atoms with Crippen LogP contribution in [0.2, 0.25) is 0 Å². The molecule has 0 aromatic rings. The van der Waals surface area contributed by atoms with Gasteiger partial charge in [-0.25, -0.2) is 4.39 Å². The summed E-state index contributed by atoms with van der Waals surface area (Å²) in [5.41, 5.74) is 0. The number of nitrogens with zero attached hydrogens (tertiary/aromatic N) is 1. The Morgan fingerprint density at radius 2 is 2.20 bits per heavy atom. The Morgan fingerprint density at radius 3 is 2.20 bits per heavy atom. The van der Waals surface area contributed by atoms with Crippen LogP contribution in [-0.4, -0.2) is 6.30 Å². The highest BCUT2D eigenvalue weighted by atomic mass is 19.1. The van der Waals surface area contributed by atoms with Crippen molar-refractivity contribution in [1.29, 1.82) is 0 Å². The number of rotatable bonds is 1. The van der Waals surface area contributed by atoms with E-state index in [-0.39, 0.29) is 0 Å². The van der Waals surface area contributed by atoms with Crippen LogP contribution < -0.4 is 0 Å². The first kappa shape index (κ1) is 4.53. The highest BCUT2D eigenvalue weighted by molar-refractivity contribution is 4.32. The zero-order valence-corrected chi connectivity index (χ0v) is 2.81. The van der Waals surface area contributed by atoms with Crippen molar-refractivity contribution in [2.24, 2.45) is 5.18 Å². The lowest BCUT2D eigenvalue weighted by atomic mass is 10.8. The van der Waals surface area contributed by atoms with Crippen molar-refractivity contribution in [1.82, 2.24) is 0 Å². The number of hydrogen-bond donors (Lipinski definition) is 0. The zero-order valence-electron chi connectivity index (χ0n) is 2.81. The lowest BCUT2D eigenvalue weighted by Gasteiger charge is -1.73. The van der Waals surface area contributed by atoms with Gasteiger partial charge in [0.2, 0.25) is 6.30 Å². The van der Waals surface area contributed by atoms with Crippen molar-refractivity contribution in [3.05, 3.63) is 4.91 Å². The van der Waals surface area contributed by atoms with Crippen molar-refractivity contribution in [2.75, 3.05) is 0 Å². The Labute approximate surface area is 29.0 Å². The summed E-state index contributed by atoms with van der Waals surface area (Å²) < 4.78 is 11.0. The second-order valence-electron chi connectivity index (χ2n) is 0.679. The molecule has 0 saturated heterocycles. The molecule has 0 radical (unpaired) electrons. The van der Waals surface area contributed by atoms with Crippen molar-refractivity contribution in [3.63, 3.8) is 0 Å². The molecule has 0 saturated carbocycles. The fourth-order valence-electron chi connectivity index (χ4n) is 0. The number of alkyl halides is 1. The Morgan fingerprint density at radius 1 is 2.00 bits per heavy atom. The summed E-state index contributed by atoms with van der Waals surface area (Å²) in [5.74, 6) is 0. The molecule has 0 amide bonds. The Balaban J connectivity index is 2.83. The topological polar surface area (TPSA) is 29.4 Å². The Kier molecular flexibility index (Phi) is 1.64. The van der Waals surface area contributed by atoms with E-state index in [1.54, 1.807) is 0 Å². The normalized spacial score (nSPS) is 14.0. The predicted molar refractivity (Wildman–Crippen MR) is 16.4 cm³/mol. The zero-order chi connectivity index (χ0) is 4.28. The molecule has 0 aliphatic heterocycles. The van der Waals surface area contributed by atoms with Crippen LogP contribution in [0.4, 0.5) is 4.39 Å². The molecule has 0 heterocycles. The standard InChI is InChI=1S/C2H4FNO/c1-2(3)4-5/h2H,1H3. The largest absolute Gasteiger partial charge is 0.227 e. The summed E-state index contributed by atoms with van der Waals surface area (Å²) in [5, 5.41) is 1.97. The van der Waals surface area contributed by atoms with E-state index in [9.17, 15) is 4.39 Å². The van der Waals surface area contributed by atoms with Crippen LogP contribution in [0, 0.1) is 4.91 Å². The molecule has 1 atom stereocenters. The van der Waals surface area contributed by atoms with Crippen LogP contribution in [0.1, 0.15) is 6.92 Å². The van der Waals surface area contributed by atoms with Crippen molar-refractivity contribution in [3.8, 4) is 0 Å². The number of nitroso groups, excluding NO2 is 1. The first-order valence-corrected chi connectivity index (χ1v) is 1.24. The van der Waals surface area contributed by atoms with Crippen molar-refractivity contribution in [2.45, 2.75) is 13.2 Å². The van der Waals surface area contributed by atoms with Gasteiger partial charge in [0.1, 0.15) is 0 Å². The highest BCUT2D eigenvalue weighted by Crippen LogP contribution is 1.83. The summed E-state index contributed by atoms with van der Waals surface area (Å²) in [7, 11) is 0. The third kappa shape index (κ3) is 3.53. The minimum absolute atomic E-state index is 1.08. The second-order valence-corrected chi connectivity index (χ2v) is 0.679. The maximum absolute atomic E-state index is 11.0. The van der Waals surface area contributed by atoms with Gasteiger partial charge < -0.3 is 0 Å². The van der Waals surface area contributed by atoms with E-state index in [1.807, 2.05) is 5.18 Å². The Bertz CT molecular complexity index is 36.6. The summed E-state index contributed by atoms with van der Waals surface area (Å²) in [6, 6.07) is 0. The van der Waals surface area contributed by atoms with Crippen LogP contribution in [0.3, 0.4) is 0 Å². The van der Waals surface area contributed by atoms with Gasteiger partial charge in [0, 0.05) is 0 Å². The molecule has 0 fully saturated rings. The lowest BCUT2D eigenvalue weighted by Crippen LogP contribution is -1.77. The van der Waals surface area contributed by atoms with Gasteiger partial charge in [0.15, 0.2) is 0 Å². The van der Waals surface area contributed by atoms with Crippen LogP contribution in [0.5, 0.6) is 0 Å². The third-order valence-electron chi connectivity index (χ3n) is 0.145. The number of halogens is 1. The van der Waals surface area contributed by atoms with Gasteiger partial charge >= 0.3 is 0 Å². The molecule has 0 aliphatic carbocycles. The van der Waals surface area contributed by atoms with Gasteiger partial charge in [-0.3, -0.25) is 0 Å². The van der Waals surface area contributed by atoms with E-state index in [0.717, 1.165) is 6.92 Å². The monoisotopic (exact) mass is 77.0 g/mol. The molecular formula is C2H4FNO. The van der Waals surface area contributed by atoms with Crippen LogP contribution in [0.15, 0.2) is 5.18 Å². The summed E-state index contributed by atoms with van der Waals surface area (Å²) in [6.07, 6.45) is -1.55. The van der Waals surface area contributed by atoms with E-state index in [4.69, 9.17) is 4.91 Å². The molecule has 0 aliphatic rings. The van der Waals surface area contributed by atoms with Crippen molar-refractivity contribution < 1.29 is 4.39 Å². The molecule has 3 heteroatoms. The van der Waals surface area contributed by atoms with Gasteiger partial charge in [-0.15, -0.1) is 4.91 Å². The highest BCUT2D eigenvalue weighted by Gasteiger charge is 1.86. The first-order valence-electron chi connectivity index (χ1n) is 1.24. The van der Waals surface area contributed by atoms with E-state index in [1.165, 1.54) is 0 Å². The van der Waals surface area contributed by atoms with Crippen LogP contribution in [0.25, 0.3) is 0 Å². The maximum atomic E-state index is 11.0. The first-order chi connectivity index (χ1) is 2.27. The van der Waals surface area contributed by atoms with Gasteiger partial charge in [-0.1, -0.05) is 0 Å². The molecule has 0 bridgehead atoms. The molecule has 5 heavy (non-hydrogen) atoms. The molecule has 1 unspecified atom stereocenters. The van der Waals surface area contributed by atoms with Crippen LogP contribution >= 0.6 is 0 Å². The molecule has 30 valence electrons. The predicted octanol–water partition coefficient (Wildman–Crippen LogP) is 1.07. The number of hydrogen-bond acceptors (Lipinski definition) is 2. The average Bonchev–Trinajstić information content (AvgIpc) is 1.38. The second kappa shape index (κ2) is 1.81. The van der Waals surface area contributed by atoms with Gasteiger partial charge in [0.25, 0.3) is 0 Å². The van der Waals surface area contributed by atoms with Gasteiger partial charge in [-0.05, 0) is 12.1 Å². The summed E-state index contributed by atoms with van der Waals surface area (Å²) >= 11 is 0. The average molecular weight is 77.1 g/mol. The molecule has 0 N–H and O–H groups in total. The fourth-order valence-corrected chi connectivity index (χ4v) is 0. The fraction of sp³-hybridized carbons (Fsp3) is 1.00. The Hall–Kier alpha value is -0.470. The maximum Gasteiger partial charge on any atom is 0.227 e. The van der Waals surface area contributed by atoms with E-state index < -0.39 is 6.30 Å². The molecular weight excluding hydrogens is 73.0 g/mol. The van der Waals surface area contributed by atoms with Gasteiger partial charge in [0.05, 0.1) is 0 Å². The molecule has 0 rings (SSSR count). The minimum atomic E-state index is -1.55. The smallest absolute Gasteiger partial charge is 0.218 e. The quantitative estimate of drug-likeness (QED) is 0.340. The molecule has 0 aromatic heterocycles. The van der Waals surface area contributed by atoms with E-state index in [0.29, 0.717) is 0 Å². The van der Waals surface area contributed by atoms with Crippen molar-refractivity contribution >= 4 is 0 Å². The van der Waals surface area contributed by atoms with E-state index >= 15 is 0 Å². The van der Waals surface area contributed by atoms with Gasteiger partial charge in [-0.2, -0.15) is 0 Å². The SMILES string of the molecule is CC(F)N=O. The molecule has 0 aromatic carbocycles.